The molecule has 0 radical (unpaired) electrons. The van der Waals surface area contributed by atoms with Crippen molar-refractivity contribution in [2.24, 2.45) is 5.10 Å². The number of para-hydroxylation sites is 1. The minimum atomic E-state index is -0.474. The molecule has 0 amide bonds. The first-order valence-electron chi connectivity index (χ1n) is 10.2. The Labute approximate surface area is 179 Å². The molecule has 0 saturated heterocycles. The topological polar surface area (TPSA) is 73.5 Å². The molecular weight excluding hydrogens is 396 g/mol. The third kappa shape index (κ3) is 3.32. The van der Waals surface area contributed by atoms with Crippen LogP contribution in [0.3, 0.4) is 0 Å². The molecule has 0 spiro atoms. The zero-order valence-electron chi connectivity index (χ0n) is 17.3. The highest BCUT2D eigenvalue weighted by atomic mass is 16.5. The predicted molar refractivity (Wildman–Crippen MR) is 113 cm³/mol. The number of hydrogen-bond donors (Lipinski definition) is 0. The maximum Gasteiger partial charge on any atom is 0.337 e. The number of esters is 1. The van der Waals surface area contributed by atoms with E-state index in [-0.39, 0.29) is 12.0 Å². The Kier molecular flexibility index (Phi) is 4.86. The summed E-state index contributed by atoms with van der Waals surface area (Å²) < 4.78 is 22.7. The number of hydrogen-bond acceptors (Lipinski definition) is 7. The molecule has 2 aliphatic rings. The highest BCUT2D eigenvalue weighted by Crippen LogP contribution is 2.50. The number of carbonyl (C=O) groups excluding carboxylic acids is 1. The zero-order chi connectivity index (χ0) is 21.4. The van der Waals surface area contributed by atoms with Gasteiger partial charge in [-0.3, -0.25) is 0 Å². The van der Waals surface area contributed by atoms with E-state index < -0.39 is 6.23 Å². The van der Waals surface area contributed by atoms with Gasteiger partial charge < -0.3 is 18.6 Å². The van der Waals surface area contributed by atoms with Gasteiger partial charge in [0.1, 0.15) is 11.5 Å². The van der Waals surface area contributed by atoms with Gasteiger partial charge in [-0.25, -0.2) is 9.80 Å². The lowest BCUT2D eigenvalue weighted by Gasteiger charge is -2.38. The number of benzene rings is 2. The number of carbonyl (C=O) groups is 1. The summed E-state index contributed by atoms with van der Waals surface area (Å²) in [5.74, 6) is 1.81. The van der Waals surface area contributed by atoms with Crippen molar-refractivity contribution in [3.8, 4) is 11.5 Å². The van der Waals surface area contributed by atoms with Crippen LogP contribution in [0, 0.1) is 0 Å². The van der Waals surface area contributed by atoms with Crippen molar-refractivity contribution in [2.75, 3.05) is 13.7 Å². The number of hydrazone groups is 1. The number of fused-ring (bicyclic) bond motifs is 3. The van der Waals surface area contributed by atoms with Gasteiger partial charge in [0, 0.05) is 17.5 Å². The Morgan fingerprint density at radius 3 is 2.71 bits per heavy atom. The Bertz CT molecular complexity index is 1120. The van der Waals surface area contributed by atoms with Crippen LogP contribution in [-0.4, -0.2) is 30.4 Å². The number of furan rings is 1. The van der Waals surface area contributed by atoms with Crippen LogP contribution >= 0.6 is 0 Å². The number of ether oxygens (including phenoxy) is 3. The first kappa shape index (κ1) is 19.2. The summed E-state index contributed by atoms with van der Waals surface area (Å²) in [7, 11) is 1.37. The van der Waals surface area contributed by atoms with Gasteiger partial charge in [0.15, 0.2) is 11.5 Å². The molecule has 2 atom stereocenters. The summed E-state index contributed by atoms with van der Waals surface area (Å²) in [6.45, 7) is 2.49. The fraction of sp³-hybridized carbons (Fsp3) is 0.250. The van der Waals surface area contributed by atoms with Crippen LogP contribution in [-0.2, 0) is 4.74 Å². The van der Waals surface area contributed by atoms with E-state index in [4.69, 9.17) is 23.7 Å². The summed E-state index contributed by atoms with van der Waals surface area (Å²) >= 11 is 0. The molecule has 5 rings (SSSR count). The summed E-state index contributed by atoms with van der Waals surface area (Å²) in [4.78, 5) is 11.8. The normalized spacial score (nSPS) is 19.2. The van der Waals surface area contributed by atoms with E-state index in [0.29, 0.717) is 24.3 Å². The highest BCUT2D eigenvalue weighted by Gasteiger charge is 2.42. The molecule has 31 heavy (non-hydrogen) atoms. The molecule has 0 aliphatic carbocycles. The van der Waals surface area contributed by atoms with Crippen molar-refractivity contribution < 1.29 is 23.4 Å². The van der Waals surface area contributed by atoms with Crippen molar-refractivity contribution in [3.63, 3.8) is 0 Å². The predicted octanol–water partition coefficient (Wildman–Crippen LogP) is 4.71. The van der Waals surface area contributed by atoms with Crippen molar-refractivity contribution in [1.29, 1.82) is 0 Å². The van der Waals surface area contributed by atoms with Gasteiger partial charge in [-0.05, 0) is 37.3 Å². The highest BCUT2D eigenvalue weighted by molar-refractivity contribution is 5.99. The van der Waals surface area contributed by atoms with Crippen molar-refractivity contribution in [2.45, 2.75) is 25.6 Å². The largest absolute Gasteiger partial charge is 0.490 e. The molecule has 0 fully saturated rings. The van der Waals surface area contributed by atoms with Gasteiger partial charge in [-0.15, -0.1) is 0 Å². The lowest BCUT2D eigenvalue weighted by Crippen LogP contribution is -2.34. The molecule has 3 aromatic rings. The van der Waals surface area contributed by atoms with E-state index >= 15 is 0 Å². The van der Waals surface area contributed by atoms with Crippen LogP contribution in [0.25, 0.3) is 0 Å². The molecule has 3 heterocycles. The minimum Gasteiger partial charge on any atom is -0.490 e. The van der Waals surface area contributed by atoms with Gasteiger partial charge in [-0.1, -0.05) is 24.3 Å². The first-order chi connectivity index (χ1) is 15.2. The van der Waals surface area contributed by atoms with E-state index in [1.807, 2.05) is 54.4 Å². The van der Waals surface area contributed by atoms with E-state index in [2.05, 4.69) is 0 Å². The number of methoxy groups -OCH3 is 1. The average Bonchev–Trinajstić information content (AvgIpc) is 3.49. The van der Waals surface area contributed by atoms with Crippen LogP contribution in [0.4, 0.5) is 0 Å². The van der Waals surface area contributed by atoms with Crippen LogP contribution < -0.4 is 9.47 Å². The fourth-order valence-corrected chi connectivity index (χ4v) is 4.07. The third-order valence-corrected chi connectivity index (χ3v) is 5.50. The maximum absolute atomic E-state index is 11.8. The number of rotatable bonds is 5. The molecule has 0 bridgehead atoms. The Hall–Kier alpha value is -3.74. The summed E-state index contributed by atoms with van der Waals surface area (Å²) in [5, 5.41) is 6.82. The lowest BCUT2D eigenvalue weighted by atomic mass is 9.97. The van der Waals surface area contributed by atoms with Crippen LogP contribution in [0.5, 0.6) is 11.5 Å². The standard InChI is InChI=1S/C24H22N2O5/c1-3-29-21-7-4-6-17-19-14-18(20-8-5-13-30-20)25-26(19)23(31-22(17)21)15-9-11-16(12-10-15)24(27)28-2/h4-13,19,23H,3,14H2,1-2H3. The monoisotopic (exact) mass is 418 g/mol. The van der Waals surface area contributed by atoms with E-state index in [1.165, 1.54) is 7.11 Å². The van der Waals surface area contributed by atoms with Crippen molar-refractivity contribution >= 4 is 11.7 Å². The minimum absolute atomic E-state index is 0.0189. The Morgan fingerprint density at radius 2 is 2.00 bits per heavy atom. The molecular formula is C24H22N2O5. The Morgan fingerprint density at radius 1 is 1.16 bits per heavy atom. The average molecular weight is 418 g/mol. The molecule has 2 unspecified atom stereocenters. The quantitative estimate of drug-likeness (QED) is 0.559. The smallest absolute Gasteiger partial charge is 0.337 e. The lowest BCUT2D eigenvalue weighted by molar-refractivity contribution is -0.0212. The molecule has 158 valence electrons. The number of nitrogens with zero attached hydrogens (tertiary/aromatic N) is 2. The van der Waals surface area contributed by atoms with Crippen molar-refractivity contribution in [3.05, 3.63) is 83.3 Å². The van der Waals surface area contributed by atoms with E-state index in [9.17, 15) is 4.79 Å². The third-order valence-electron chi connectivity index (χ3n) is 5.50. The van der Waals surface area contributed by atoms with Crippen LogP contribution in [0.15, 0.2) is 70.4 Å². The molecule has 7 heteroatoms. The van der Waals surface area contributed by atoms with Gasteiger partial charge in [-0.2, -0.15) is 5.10 Å². The molecule has 0 N–H and O–H groups in total. The Balaban J connectivity index is 1.57. The second-order valence-electron chi connectivity index (χ2n) is 7.32. The SMILES string of the molecule is CCOc1cccc2c1OC(c1ccc(C(=O)OC)cc1)N1N=C(c3ccco3)CC21. The molecule has 2 aromatic carbocycles. The zero-order valence-corrected chi connectivity index (χ0v) is 17.3. The summed E-state index contributed by atoms with van der Waals surface area (Å²) in [6, 6.07) is 16.9. The second kappa shape index (κ2) is 7.83. The van der Waals surface area contributed by atoms with Gasteiger partial charge in [0.2, 0.25) is 6.23 Å². The van der Waals surface area contributed by atoms with Crippen LogP contribution in [0.1, 0.15) is 52.9 Å². The fourth-order valence-electron chi connectivity index (χ4n) is 4.07. The summed E-state index contributed by atoms with van der Waals surface area (Å²) in [6.07, 6.45) is 1.87. The molecule has 2 aliphatic heterocycles. The van der Waals surface area contributed by atoms with Gasteiger partial charge in [0.25, 0.3) is 0 Å². The maximum atomic E-state index is 11.8. The molecule has 1 aromatic heterocycles. The van der Waals surface area contributed by atoms with E-state index in [0.717, 1.165) is 28.3 Å². The molecule has 0 saturated carbocycles. The van der Waals surface area contributed by atoms with Gasteiger partial charge >= 0.3 is 5.97 Å². The molecule has 7 nitrogen and oxygen atoms in total. The van der Waals surface area contributed by atoms with Gasteiger partial charge in [0.05, 0.1) is 31.6 Å². The van der Waals surface area contributed by atoms with E-state index in [1.54, 1.807) is 18.4 Å². The summed E-state index contributed by atoms with van der Waals surface area (Å²) in [5.41, 5.74) is 3.25. The second-order valence-corrected chi connectivity index (χ2v) is 7.32. The van der Waals surface area contributed by atoms with Crippen LogP contribution in [0.2, 0.25) is 0 Å². The van der Waals surface area contributed by atoms with Crippen molar-refractivity contribution in [1.82, 2.24) is 5.01 Å². The first-order valence-corrected chi connectivity index (χ1v) is 10.2.